The molecule has 0 aliphatic carbocycles. The van der Waals surface area contributed by atoms with Crippen molar-refractivity contribution in [1.29, 1.82) is 0 Å². The number of para-hydroxylation sites is 1. The Morgan fingerprint density at radius 2 is 1.60 bits per heavy atom. The van der Waals surface area contributed by atoms with Gasteiger partial charge >= 0.3 is 0 Å². The minimum absolute atomic E-state index is 0.135. The number of hydrogen-bond acceptors (Lipinski definition) is 5. The van der Waals surface area contributed by atoms with E-state index >= 15 is 0 Å². The third-order valence-corrected chi connectivity index (χ3v) is 5.16. The molecule has 3 aromatic carbocycles. The molecule has 1 aromatic heterocycles. The predicted molar refractivity (Wildman–Crippen MR) is 141 cm³/mol. The molecule has 178 valence electrons. The van der Waals surface area contributed by atoms with Crippen LogP contribution in [0.2, 0.25) is 0 Å². The summed E-state index contributed by atoms with van der Waals surface area (Å²) in [5.41, 5.74) is 2.26. The molecule has 0 saturated heterocycles. The van der Waals surface area contributed by atoms with Crippen molar-refractivity contribution in [3.05, 3.63) is 90.2 Å². The number of fused-ring (bicyclic) bond motifs is 1. The summed E-state index contributed by atoms with van der Waals surface area (Å²) in [4.78, 5) is 25.1. The average Bonchev–Trinajstić information content (AvgIpc) is 3.28. The van der Waals surface area contributed by atoms with Crippen LogP contribution in [-0.4, -0.2) is 23.5 Å². The molecular formula is C27H25N3O4S. The highest BCUT2D eigenvalue weighted by Gasteiger charge is 2.13. The second-order valence-corrected chi connectivity index (χ2v) is 8.73. The largest absolute Gasteiger partial charge is 0.493 e. The van der Waals surface area contributed by atoms with E-state index in [-0.39, 0.29) is 22.7 Å². The molecule has 0 aliphatic rings. The van der Waals surface area contributed by atoms with Gasteiger partial charge in [0.05, 0.1) is 6.61 Å². The van der Waals surface area contributed by atoms with Gasteiger partial charge in [-0.05, 0) is 72.7 Å². The second-order valence-electron chi connectivity index (χ2n) is 8.32. The minimum Gasteiger partial charge on any atom is -0.493 e. The average molecular weight is 488 g/mol. The van der Waals surface area contributed by atoms with Crippen LogP contribution in [0.3, 0.4) is 0 Å². The van der Waals surface area contributed by atoms with Crippen LogP contribution >= 0.6 is 12.2 Å². The number of hydrogen-bond donors (Lipinski definition) is 3. The Hall–Kier alpha value is -4.17. The zero-order valence-electron chi connectivity index (χ0n) is 19.3. The summed E-state index contributed by atoms with van der Waals surface area (Å²) in [6, 6.07) is 23.0. The standard InChI is InChI=1S/C27H25N3O4S/c1-17(2)16-33-22-12-10-18(11-13-22)25(31)30-27(35)29-21-8-5-7-20(15-21)28-26(32)24-14-19-6-3-4-9-23(19)34-24/h3-15,17H,16H2,1-2H3,(H,28,32)(H2,29,30,31,35). The fraction of sp³-hybridized carbons (Fsp3) is 0.148. The molecule has 0 saturated carbocycles. The quantitative estimate of drug-likeness (QED) is 0.283. The van der Waals surface area contributed by atoms with Gasteiger partial charge in [0.15, 0.2) is 10.9 Å². The molecule has 1 heterocycles. The minimum atomic E-state index is -0.366. The van der Waals surface area contributed by atoms with Crippen LogP contribution in [0.4, 0.5) is 11.4 Å². The van der Waals surface area contributed by atoms with E-state index < -0.39 is 0 Å². The molecule has 0 aliphatic heterocycles. The van der Waals surface area contributed by atoms with Gasteiger partial charge in [0.25, 0.3) is 11.8 Å². The monoisotopic (exact) mass is 487 g/mol. The first-order valence-electron chi connectivity index (χ1n) is 11.1. The SMILES string of the molecule is CC(C)COc1ccc(C(=O)NC(=S)Nc2cccc(NC(=O)c3cc4ccccc4o3)c2)cc1. The molecule has 0 atom stereocenters. The number of carbonyl (C=O) groups excluding carboxylic acids is 2. The molecule has 2 amide bonds. The number of anilines is 2. The molecule has 0 spiro atoms. The van der Waals surface area contributed by atoms with Crippen LogP contribution in [0.1, 0.15) is 34.8 Å². The first-order valence-corrected chi connectivity index (χ1v) is 11.5. The van der Waals surface area contributed by atoms with Gasteiger partial charge in [0, 0.05) is 22.3 Å². The number of amides is 2. The van der Waals surface area contributed by atoms with E-state index in [1.165, 1.54) is 0 Å². The van der Waals surface area contributed by atoms with Gasteiger partial charge in [0.2, 0.25) is 0 Å². The number of carbonyl (C=O) groups is 2. The number of benzene rings is 3. The van der Waals surface area contributed by atoms with Crippen LogP contribution in [0, 0.1) is 5.92 Å². The van der Waals surface area contributed by atoms with Crippen LogP contribution in [0.25, 0.3) is 11.0 Å². The van der Waals surface area contributed by atoms with Crippen LogP contribution < -0.4 is 20.7 Å². The normalized spacial score (nSPS) is 10.7. The fourth-order valence-electron chi connectivity index (χ4n) is 3.26. The topological polar surface area (TPSA) is 92.6 Å². The summed E-state index contributed by atoms with van der Waals surface area (Å²) in [5, 5.41) is 9.41. The number of furan rings is 1. The summed E-state index contributed by atoms with van der Waals surface area (Å²) in [7, 11) is 0. The zero-order valence-corrected chi connectivity index (χ0v) is 20.1. The summed E-state index contributed by atoms with van der Waals surface area (Å²) >= 11 is 5.28. The lowest BCUT2D eigenvalue weighted by Crippen LogP contribution is -2.34. The molecule has 8 heteroatoms. The zero-order chi connectivity index (χ0) is 24.8. The summed E-state index contributed by atoms with van der Waals surface area (Å²) in [6.45, 7) is 4.75. The highest BCUT2D eigenvalue weighted by Crippen LogP contribution is 2.21. The van der Waals surface area contributed by atoms with E-state index in [0.29, 0.717) is 40.8 Å². The molecule has 3 N–H and O–H groups in total. The molecule has 0 bridgehead atoms. The van der Waals surface area contributed by atoms with Crippen molar-refractivity contribution in [3.63, 3.8) is 0 Å². The maximum atomic E-state index is 12.6. The van der Waals surface area contributed by atoms with Crippen LogP contribution in [0.15, 0.2) is 83.3 Å². The third kappa shape index (κ3) is 6.45. The van der Waals surface area contributed by atoms with Gasteiger partial charge in [0.1, 0.15) is 11.3 Å². The van der Waals surface area contributed by atoms with Crippen molar-refractivity contribution >= 4 is 51.5 Å². The van der Waals surface area contributed by atoms with Crippen molar-refractivity contribution in [3.8, 4) is 5.75 Å². The van der Waals surface area contributed by atoms with E-state index in [1.807, 2.05) is 18.2 Å². The second kappa shape index (κ2) is 10.8. The Balaban J connectivity index is 1.33. The lowest BCUT2D eigenvalue weighted by Gasteiger charge is -2.12. The van der Waals surface area contributed by atoms with Crippen molar-refractivity contribution in [1.82, 2.24) is 5.32 Å². The van der Waals surface area contributed by atoms with Crippen LogP contribution in [-0.2, 0) is 0 Å². The number of rotatable bonds is 7. The Bertz CT molecular complexity index is 1330. The smallest absolute Gasteiger partial charge is 0.291 e. The van der Waals surface area contributed by atoms with Gasteiger partial charge in [-0.15, -0.1) is 0 Å². The summed E-state index contributed by atoms with van der Waals surface area (Å²) < 4.78 is 11.2. The molecule has 4 aromatic rings. The molecular weight excluding hydrogens is 462 g/mol. The van der Waals surface area contributed by atoms with E-state index in [4.69, 9.17) is 21.4 Å². The van der Waals surface area contributed by atoms with E-state index in [2.05, 4.69) is 29.8 Å². The predicted octanol–water partition coefficient (Wildman–Crippen LogP) is 5.85. The molecule has 4 rings (SSSR count). The third-order valence-electron chi connectivity index (χ3n) is 4.95. The molecule has 0 radical (unpaired) electrons. The van der Waals surface area contributed by atoms with Gasteiger partial charge in [-0.25, -0.2) is 0 Å². The highest BCUT2D eigenvalue weighted by molar-refractivity contribution is 7.80. The van der Waals surface area contributed by atoms with Crippen LogP contribution in [0.5, 0.6) is 5.75 Å². The first-order chi connectivity index (χ1) is 16.9. The van der Waals surface area contributed by atoms with E-state index in [0.717, 1.165) is 5.39 Å². The maximum absolute atomic E-state index is 12.6. The summed E-state index contributed by atoms with van der Waals surface area (Å²) in [6.07, 6.45) is 0. The number of ether oxygens (including phenoxy) is 1. The molecule has 0 unspecified atom stereocenters. The Labute approximate surface area is 208 Å². The molecule has 7 nitrogen and oxygen atoms in total. The molecule has 0 fully saturated rings. The maximum Gasteiger partial charge on any atom is 0.291 e. The van der Waals surface area contributed by atoms with Crippen molar-refractivity contribution < 1.29 is 18.7 Å². The lowest BCUT2D eigenvalue weighted by molar-refractivity contribution is 0.0975. The molecule has 35 heavy (non-hydrogen) atoms. The first kappa shape index (κ1) is 24.0. The van der Waals surface area contributed by atoms with Gasteiger partial charge in [-0.2, -0.15) is 0 Å². The summed E-state index contributed by atoms with van der Waals surface area (Å²) in [5.74, 6) is 0.631. The van der Waals surface area contributed by atoms with Gasteiger partial charge in [-0.1, -0.05) is 38.1 Å². The lowest BCUT2D eigenvalue weighted by atomic mass is 10.2. The van der Waals surface area contributed by atoms with E-state index in [9.17, 15) is 9.59 Å². The van der Waals surface area contributed by atoms with Crippen molar-refractivity contribution in [2.45, 2.75) is 13.8 Å². The Morgan fingerprint density at radius 3 is 2.31 bits per heavy atom. The van der Waals surface area contributed by atoms with Gasteiger partial charge < -0.3 is 19.8 Å². The fourth-order valence-corrected chi connectivity index (χ4v) is 3.47. The van der Waals surface area contributed by atoms with E-state index in [1.54, 1.807) is 60.7 Å². The number of thiocarbonyl (C=S) groups is 1. The Morgan fingerprint density at radius 1 is 0.886 bits per heavy atom. The van der Waals surface area contributed by atoms with Crippen molar-refractivity contribution in [2.24, 2.45) is 5.92 Å². The van der Waals surface area contributed by atoms with Gasteiger partial charge in [-0.3, -0.25) is 14.9 Å². The number of nitrogens with one attached hydrogen (secondary N) is 3. The van der Waals surface area contributed by atoms with Crippen molar-refractivity contribution in [2.75, 3.05) is 17.2 Å². The Kier molecular flexibility index (Phi) is 7.42. The highest BCUT2D eigenvalue weighted by atomic mass is 32.1.